The number of benzene rings is 1. The van der Waals surface area contributed by atoms with Crippen molar-refractivity contribution in [2.75, 3.05) is 57.0 Å². The van der Waals surface area contributed by atoms with Gasteiger partial charge in [0.05, 0.1) is 18.8 Å². The molecule has 2 saturated heterocycles. The number of carbonyl (C=O) groups excluding carboxylic acids is 1. The summed E-state index contributed by atoms with van der Waals surface area (Å²) in [6, 6.07) is 6.44. The first-order chi connectivity index (χ1) is 19.2. The van der Waals surface area contributed by atoms with Gasteiger partial charge >= 0.3 is 0 Å². The minimum Gasteiger partial charge on any atom is -0.382 e. The SMILES string of the molecule is Nc1nc(NC2CCN(S(=O)(=O)c3ccc(CCN4CCOCC4)nc3)CC2)sc1C(=O)c1c(F)cccc1F. The fourth-order valence-corrected chi connectivity index (χ4v) is 7.08. The van der Waals surface area contributed by atoms with E-state index in [-0.39, 0.29) is 34.7 Å². The molecule has 0 aliphatic carbocycles. The molecule has 2 aromatic heterocycles. The molecule has 3 N–H and O–H groups in total. The summed E-state index contributed by atoms with van der Waals surface area (Å²) in [4.78, 5) is 23.7. The molecule has 2 aliphatic heterocycles. The van der Waals surface area contributed by atoms with Gasteiger partial charge in [-0.05, 0) is 37.1 Å². The highest BCUT2D eigenvalue weighted by Crippen LogP contribution is 2.31. The van der Waals surface area contributed by atoms with Crippen molar-refractivity contribution in [1.82, 2.24) is 19.2 Å². The number of aromatic nitrogens is 2. The number of nitrogens with two attached hydrogens (primary N) is 1. The van der Waals surface area contributed by atoms with Gasteiger partial charge in [-0.1, -0.05) is 17.4 Å². The molecule has 0 spiro atoms. The number of halogens is 2. The van der Waals surface area contributed by atoms with Gasteiger partial charge in [0, 0.05) is 57.1 Å². The lowest BCUT2D eigenvalue weighted by Crippen LogP contribution is -2.42. The third-order valence-electron chi connectivity index (χ3n) is 7.05. The average molecular weight is 593 g/mol. The number of morpholine rings is 1. The maximum atomic E-state index is 14.1. The van der Waals surface area contributed by atoms with Gasteiger partial charge in [-0.25, -0.2) is 22.2 Å². The third-order valence-corrected chi connectivity index (χ3v) is 9.94. The lowest BCUT2D eigenvalue weighted by Gasteiger charge is -2.31. The zero-order chi connectivity index (χ0) is 28.3. The van der Waals surface area contributed by atoms with Crippen LogP contribution < -0.4 is 11.1 Å². The highest BCUT2D eigenvalue weighted by atomic mass is 32.2. The van der Waals surface area contributed by atoms with Crippen molar-refractivity contribution in [2.45, 2.75) is 30.2 Å². The normalized spacial score (nSPS) is 17.6. The summed E-state index contributed by atoms with van der Waals surface area (Å²) in [5, 5.41) is 3.51. The van der Waals surface area contributed by atoms with Gasteiger partial charge in [0.25, 0.3) is 0 Å². The molecule has 10 nitrogen and oxygen atoms in total. The third kappa shape index (κ3) is 6.31. The van der Waals surface area contributed by atoms with Gasteiger partial charge < -0.3 is 15.8 Å². The van der Waals surface area contributed by atoms with Crippen LogP contribution in [0.2, 0.25) is 0 Å². The molecule has 214 valence electrons. The molecule has 0 saturated carbocycles. The molecule has 0 bridgehead atoms. The highest BCUT2D eigenvalue weighted by Gasteiger charge is 2.31. The Labute approximate surface area is 235 Å². The van der Waals surface area contributed by atoms with Crippen LogP contribution in [0.25, 0.3) is 0 Å². The molecule has 5 rings (SSSR count). The number of nitrogens with zero attached hydrogens (tertiary/aromatic N) is 4. The summed E-state index contributed by atoms with van der Waals surface area (Å²) in [6.45, 7) is 4.65. The molecular weight excluding hydrogens is 562 g/mol. The minimum atomic E-state index is -3.70. The van der Waals surface area contributed by atoms with E-state index in [1.807, 2.05) is 0 Å². The Kier molecular flexibility index (Phi) is 8.71. The topological polar surface area (TPSA) is 131 Å². The first-order valence-corrected chi connectivity index (χ1v) is 15.2. The fourth-order valence-electron chi connectivity index (χ4n) is 4.76. The van der Waals surface area contributed by atoms with Crippen LogP contribution >= 0.6 is 11.3 Å². The Morgan fingerprint density at radius 1 is 1.10 bits per heavy atom. The predicted octanol–water partition coefficient (Wildman–Crippen LogP) is 2.77. The molecule has 0 radical (unpaired) electrons. The first kappa shape index (κ1) is 28.5. The van der Waals surface area contributed by atoms with Crippen molar-refractivity contribution in [3.63, 3.8) is 0 Å². The molecule has 1 aromatic carbocycles. The van der Waals surface area contributed by atoms with Crippen LogP contribution in [-0.2, 0) is 21.2 Å². The summed E-state index contributed by atoms with van der Waals surface area (Å²) < 4.78 is 61.4. The minimum absolute atomic E-state index is 0.0626. The van der Waals surface area contributed by atoms with E-state index in [1.165, 1.54) is 16.6 Å². The van der Waals surface area contributed by atoms with E-state index in [1.54, 1.807) is 12.1 Å². The number of anilines is 2. The van der Waals surface area contributed by atoms with Crippen LogP contribution in [0.1, 0.15) is 33.8 Å². The largest absolute Gasteiger partial charge is 0.382 e. The van der Waals surface area contributed by atoms with Gasteiger partial charge in [0.1, 0.15) is 27.2 Å². The van der Waals surface area contributed by atoms with Crippen LogP contribution in [0.15, 0.2) is 41.4 Å². The van der Waals surface area contributed by atoms with Crippen LogP contribution in [0, 0.1) is 11.6 Å². The Hall–Kier alpha value is -3.04. The predicted molar refractivity (Wildman–Crippen MR) is 147 cm³/mol. The lowest BCUT2D eigenvalue weighted by molar-refractivity contribution is 0.0383. The second kappa shape index (κ2) is 12.2. The van der Waals surface area contributed by atoms with E-state index < -0.39 is 33.0 Å². The summed E-state index contributed by atoms with van der Waals surface area (Å²) >= 11 is 0.912. The van der Waals surface area contributed by atoms with E-state index in [9.17, 15) is 22.0 Å². The number of ketones is 1. The van der Waals surface area contributed by atoms with E-state index in [2.05, 4.69) is 20.2 Å². The van der Waals surface area contributed by atoms with Crippen LogP contribution in [0.4, 0.5) is 19.7 Å². The van der Waals surface area contributed by atoms with E-state index >= 15 is 0 Å². The van der Waals surface area contributed by atoms with Crippen LogP contribution in [0.5, 0.6) is 0 Å². The number of thiazole rings is 1. The average Bonchev–Trinajstić information content (AvgIpc) is 3.32. The number of piperidine rings is 1. The van der Waals surface area contributed by atoms with Crippen molar-refractivity contribution in [1.29, 1.82) is 0 Å². The van der Waals surface area contributed by atoms with Gasteiger partial charge in [-0.15, -0.1) is 0 Å². The number of hydrogen-bond donors (Lipinski definition) is 2. The molecule has 2 aliphatic rings. The standard InChI is InChI=1S/C26H30F2N6O4S2/c27-20-2-1-3-21(28)22(20)23(35)24-25(29)32-26(39-24)31-18-7-10-34(11-8-18)40(36,37)19-5-4-17(30-16-19)6-9-33-12-14-38-15-13-33/h1-5,16,18H,6-15,29H2,(H,31,32). The van der Waals surface area contributed by atoms with Crippen molar-refractivity contribution in [3.8, 4) is 0 Å². The number of ether oxygens (including phenoxy) is 1. The van der Waals surface area contributed by atoms with Gasteiger partial charge in [-0.2, -0.15) is 4.31 Å². The Morgan fingerprint density at radius 2 is 1.80 bits per heavy atom. The number of carbonyl (C=O) groups is 1. The van der Waals surface area contributed by atoms with Crippen LogP contribution in [0.3, 0.4) is 0 Å². The number of nitrogen functional groups attached to an aromatic ring is 1. The number of nitrogens with one attached hydrogen (secondary N) is 1. The molecule has 14 heteroatoms. The molecule has 0 atom stereocenters. The molecule has 40 heavy (non-hydrogen) atoms. The second-order valence-corrected chi connectivity index (χ2v) is 12.6. The van der Waals surface area contributed by atoms with Crippen molar-refractivity contribution < 1.29 is 26.7 Å². The van der Waals surface area contributed by atoms with E-state index in [4.69, 9.17) is 10.5 Å². The van der Waals surface area contributed by atoms with E-state index in [0.29, 0.717) is 18.0 Å². The first-order valence-electron chi connectivity index (χ1n) is 13.0. The molecule has 3 aromatic rings. The van der Waals surface area contributed by atoms with Gasteiger partial charge in [0.15, 0.2) is 5.13 Å². The lowest BCUT2D eigenvalue weighted by atomic mass is 10.1. The van der Waals surface area contributed by atoms with Crippen molar-refractivity contribution >= 4 is 38.1 Å². The summed E-state index contributed by atoms with van der Waals surface area (Å²) in [6.07, 6.45) is 3.15. The summed E-state index contributed by atoms with van der Waals surface area (Å²) in [5.41, 5.74) is 6.05. The molecule has 4 heterocycles. The van der Waals surface area contributed by atoms with E-state index in [0.717, 1.165) is 68.4 Å². The van der Waals surface area contributed by atoms with Gasteiger partial charge in [0.2, 0.25) is 15.8 Å². The number of rotatable bonds is 9. The van der Waals surface area contributed by atoms with Crippen LogP contribution in [-0.4, -0.2) is 85.4 Å². The summed E-state index contributed by atoms with van der Waals surface area (Å²) in [5.74, 6) is -2.95. The second-order valence-electron chi connectivity index (χ2n) is 9.67. The number of pyridine rings is 1. The molecule has 0 amide bonds. The number of hydrogen-bond acceptors (Lipinski definition) is 10. The Morgan fingerprint density at radius 3 is 2.45 bits per heavy atom. The fraction of sp³-hybridized carbons (Fsp3) is 0.423. The zero-order valence-electron chi connectivity index (χ0n) is 21.7. The monoisotopic (exact) mass is 592 g/mol. The zero-order valence-corrected chi connectivity index (χ0v) is 23.3. The summed E-state index contributed by atoms with van der Waals surface area (Å²) in [7, 11) is -3.70. The Bertz CT molecular complexity index is 1430. The molecule has 0 unspecified atom stereocenters. The Balaban J connectivity index is 1.16. The maximum absolute atomic E-state index is 14.1. The molecule has 2 fully saturated rings. The number of sulfonamides is 1. The van der Waals surface area contributed by atoms with Gasteiger partial charge in [-0.3, -0.25) is 14.7 Å². The quantitative estimate of drug-likeness (QED) is 0.360. The smallest absolute Gasteiger partial charge is 0.244 e. The van der Waals surface area contributed by atoms with Crippen molar-refractivity contribution in [3.05, 3.63) is 64.3 Å². The maximum Gasteiger partial charge on any atom is 0.244 e. The van der Waals surface area contributed by atoms with Crippen molar-refractivity contribution in [2.24, 2.45) is 0 Å². The molecular formula is C26H30F2N6O4S2. The highest BCUT2D eigenvalue weighted by molar-refractivity contribution is 7.89.